The molecule has 0 amide bonds. The molecule has 0 unspecified atom stereocenters. The molecule has 0 heterocycles. The molecule has 0 N–H and O–H groups in total. The molecule has 0 bridgehead atoms. The van der Waals surface area contributed by atoms with Crippen LogP contribution in [0.3, 0.4) is 0 Å². The number of rotatable bonds is 0. The van der Waals surface area contributed by atoms with E-state index in [1.165, 1.54) is 39.3 Å². The van der Waals surface area contributed by atoms with Crippen LogP contribution < -0.4 is 24.8 Å². The Hall–Kier alpha value is -0.0230. The van der Waals surface area contributed by atoms with Crippen molar-refractivity contribution in [1.82, 2.24) is 0 Å². The van der Waals surface area contributed by atoms with Crippen LogP contribution in [0, 0.1) is 6.08 Å². The molecule has 3 rings (SSSR count). The van der Waals surface area contributed by atoms with Crippen molar-refractivity contribution >= 4 is 16.3 Å². The predicted octanol–water partition coefficient (Wildman–Crippen LogP) is -0.0458. The van der Waals surface area contributed by atoms with Gasteiger partial charge in [0.15, 0.2) is 0 Å². The Morgan fingerprint density at radius 3 is 2.12 bits per heavy atom. The summed E-state index contributed by atoms with van der Waals surface area (Å²) >= 11 is 1.45. The van der Waals surface area contributed by atoms with Crippen LogP contribution in [0.4, 0.5) is 0 Å². The van der Waals surface area contributed by atoms with Crippen LogP contribution in [0.2, 0.25) is 13.1 Å². The van der Waals surface area contributed by atoms with Crippen molar-refractivity contribution in [1.29, 1.82) is 0 Å². The van der Waals surface area contributed by atoms with Crippen LogP contribution in [0.15, 0.2) is 54.6 Å². The summed E-state index contributed by atoms with van der Waals surface area (Å²) in [6.07, 6.45) is 10.0. The van der Waals surface area contributed by atoms with Gasteiger partial charge < -0.3 is 24.8 Å². The van der Waals surface area contributed by atoms with Crippen molar-refractivity contribution in [3.63, 3.8) is 0 Å². The van der Waals surface area contributed by atoms with E-state index in [1.54, 1.807) is 0 Å². The van der Waals surface area contributed by atoms with Gasteiger partial charge in [-0.05, 0) is 0 Å². The monoisotopic (exact) mass is 544 g/mol. The molecule has 130 valence electrons. The molecule has 24 heavy (non-hydrogen) atoms. The fourth-order valence-corrected chi connectivity index (χ4v) is 2.14. The van der Waals surface area contributed by atoms with Crippen molar-refractivity contribution < 1.29 is 47.8 Å². The zero-order valence-corrected chi connectivity index (χ0v) is 21.3. The second-order valence-corrected chi connectivity index (χ2v) is 19.4. The number of fused-ring (bicyclic) bond motifs is 1. The fraction of sp³-hybridized carbons (Fsp3) is 0.350. The van der Waals surface area contributed by atoms with Gasteiger partial charge in [-0.1, -0.05) is 32.3 Å². The zero-order valence-electron chi connectivity index (χ0n) is 15.2. The summed E-state index contributed by atoms with van der Waals surface area (Å²) in [5.41, 5.74) is 1.96. The topological polar surface area (TPSA) is 0 Å². The standard InChI is InChI=1S/C13H15.C5H5.C2H6Si.2ClH.Hf/c1-13(2,3)12-9-8-10-6-4-5-7-11(10)12;1-2-4-5-3-1;1-3-2;;;/h4-9H,1-3H3;1-3H,4H2;1-2H3;2*1H;/q2*-1;;;;+2/p-2. The van der Waals surface area contributed by atoms with Crippen molar-refractivity contribution in [2.45, 2.75) is 45.7 Å². The van der Waals surface area contributed by atoms with Gasteiger partial charge in [0.1, 0.15) is 0 Å². The first-order valence-corrected chi connectivity index (χ1v) is 15.6. The SMILES string of the molecule is CC(C)(C)c1c[cH-]c2ccccc12.C[Si](C)=[Hf+2].[C-]1=CC=CC1.[Cl-].[Cl-]. The average Bonchev–Trinajstić information content (AvgIpc) is 3.10. The first-order chi connectivity index (χ1) is 10.3. The summed E-state index contributed by atoms with van der Waals surface area (Å²) < 4.78 is 0. The Morgan fingerprint density at radius 2 is 1.71 bits per heavy atom. The van der Waals surface area contributed by atoms with Gasteiger partial charge in [0, 0.05) is 0 Å². The number of hydrogen-bond acceptors (Lipinski definition) is 0. The van der Waals surface area contributed by atoms with Crippen molar-refractivity contribution in [2.75, 3.05) is 0 Å². The van der Waals surface area contributed by atoms with Gasteiger partial charge in [-0.2, -0.15) is 6.08 Å². The third kappa shape index (κ3) is 10.1. The van der Waals surface area contributed by atoms with Crippen LogP contribution >= 0.6 is 0 Å². The Bertz CT molecular complexity index is 650. The van der Waals surface area contributed by atoms with E-state index in [4.69, 9.17) is 0 Å². The molecule has 2 aromatic carbocycles. The minimum atomic E-state index is 0. The molecule has 0 aliphatic heterocycles. The molecule has 0 saturated heterocycles. The summed E-state index contributed by atoms with van der Waals surface area (Å²) in [6.45, 7) is 11.4. The fourth-order valence-electron chi connectivity index (χ4n) is 2.14. The second kappa shape index (κ2) is 13.2. The Balaban J connectivity index is 0. The maximum atomic E-state index is 2.99. The van der Waals surface area contributed by atoms with Gasteiger partial charge >= 0.3 is 41.6 Å². The first-order valence-electron chi connectivity index (χ1n) is 7.71. The summed E-state index contributed by atoms with van der Waals surface area (Å²) in [4.78, 5) is 0. The van der Waals surface area contributed by atoms with E-state index in [2.05, 4.69) is 82.4 Å². The maximum Gasteiger partial charge on any atom is -0.109 e. The van der Waals surface area contributed by atoms with E-state index < -0.39 is 0 Å². The van der Waals surface area contributed by atoms with Crippen LogP contribution in [0.25, 0.3) is 10.8 Å². The van der Waals surface area contributed by atoms with Crippen LogP contribution in [-0.4, -0.2) is 5.49 Å². The predicted molar refractivity (Wildman–Crippen MR) is 97.3 cm³/mol. The molecule has 0 spiro atoms. The molecule has 0 aromatic heterocycles. The Kier molecular flexibility index (Phi) is 14.4. The average molecular weight is 544 g/mol. The van der Waals surface area contributed by atoms with E-state index in [1.807, 2.05) is 12.2 Å². The van der Waals surface area contributed by atoms with Gasteiger partial charge in [-0.25, -0.2) is 12.2 Å². The van der Waals surface area contributed by atoms with Crippen LogP contribution in [0.5, 0.6) is 0 Å². The van der Waals surface area contributed by atoms with Crippen molar-refractivity contribution in [3.05, 3.63) is 66.3 Å². The zero-order chi connectivity index (χ0) is 16.6. The van der Waals surface area contributed by atoms with Crippen LogP contribution in [0.1, 0.15) is 32.8 Å². The maximum absolute atomic E-state index is 2.99. The van der Waals surface area contributed by atoms with E-state index in [0.29, 0.717) is 0 Å². The van der Waals surface area contributed by atoms with Gasteiger partial charge in [-0.15, -0.1) is 53.1 Å². The molecule has 0 nitrogen and oxygen atoms in total. The van der Waals surface area contributed by atoms with E-state index in [9.17, 15) is 0 Å². The number of allylic oxidation sites excluding steroid dienone is 4. The first kappa shape index (κ1) is 26.2. The minimum absolute atomic E-state index is 0. The largest absolute Gasteiger partial charge is 1.00 e. The molecule has 0 saturated carbocycles. The summed E-state index contributed by atoms with van der Waals surface area (Å²) in [5.74, 6) is 0. The Labute approximate surface area is 175 Å². The molecule has 0 fully saturated rings. The van der Waals surface area contributed by atoms with E-state index in [-0.39, 0.29) is 35.7 Å². The smallest absolute Gasteiger partial charge is 0.109 e. The van der Waals surface area contributed by atoms with Crippen LogP contribution in [-0.2, 0) is 28.4 Å². The van der Waals surface area contributed by atoms with Gasteiger partial charge in [0.2, 0.25) is 0 Å². The molecule has 1 aliphatic rings. The molecule has 4 heteroatoms. The number of hydrogen-bond donors (Lipinski definition) is 0. The molecular formula is C20H26Cl2HfSi-2. The minimum Gasteiger partial charge on any atom is -1.00 e. The summed E-state index contributed by atoms with van der Waals surface area (Å²) in [5, 5.41) is 2.75. The van der Waals surface area contributed by atoms with E-state index in [0.717, 1.165) is 6.42 Å². The van der Waals surface area contributed by atoms with E-state index >= 15 is 0 Å². The third-order valence-corrected chi connectivity index (χ3v) is 3.07. The summed E-state index contributed by atoms with van der Waals surface area (Å²) in [7, 11) is 0. The van der Waals surface area contributed by atoms with Gasteiger partial charge in [0.25, 0.3) is 0 Å². The molecular weight excluding hydrogens is 518 g/mol. The quantitative estimate of drug-likeness (QED) is 0.323. The molecule has 0 atom stereocenters. The number of halogens is 2. The second-order valence-electron chi connectivity index (χ2n) is 6.59. The molecule has 1 aliphatic carbocycles. The number of benzene rings is 1. The third-order valence-electron chi connectivity index (χ3n) is 3.07. The molecule has 2 aromatic rings. The van der Waals surface area contributed by atoms with Gasteiger partial charge in [-0.3, -0.25) is 6.08 Å². The van der Waals surface area contributed by atoms with Gasteiger partial charge in [0.05, 0.1) is 0 Å². The molecule has 0 radical (unpaired) electrons. The summed E-state index contributed by atoms with van der Waals surface area (Å²) in [6, 6.07) is 13.0. The van der Waals surface area contributed by atoms with Crippen molar-refractivity contribution in [3.8, 4) is 0 Å². The van der Waals surface area contributed by atoms with Crippen molar-refractivity contribution in [2.24, 2.45) is 0 Å². The Morgan fingerprint density at radius 1 is 1.12 bits per heavy atom. The normalized spacial score (nSPS) is 11.5.